The molecular weight excluding hydrogens is 647 g/mol. The molecule has 4 aromatic rings. The molecule has 1 fully saturated rings. The van der Waals surface area contributed by atoms with Crippen molar-refractivity contribution in [2.75, 3.05) is 29.9 Å². The molecule has 50 heavy (non-hydrogen) atoms. The Morgan fingerprint density at radius 3 is 2.36 bits per heavy atom. The van der Waals surface area contributed by atoms with Crippen LogP contribution in [0.3, 0.4) is 0 Å². The summed E-state index contributed by atoms with van der Waals surface area (Å²) >= 11 is 0. The number of aliphatic hydroxyl groups excluding tert-OH is 1. The fourth-order valence-corrected chi connectivity index (χ4v) is 5.68. The van der Waals surface area contributed by atoms with Crippen LogP contribution in [0.2, 0.25) is 0 Å². The number of benzene rings is 3. The molecule has 2 amide bonds. The highest BCUT2D eigenvalue weighted by atomic mass is 19.4. The fraction of sp³-hybridized carbons (Fsp3) is 0.270. The van der Waals surface area contributed by atoms with Crippen LogP contribution in [0.5, 0.6) is 0 Å². The highest BCUT2D eigenvalue weighted by Crippen LogP contribution is 2.33. The number of hydrazine groups is 1. The van der Waals surface area contributed by atoms with Crippen LogP contribution in [0.1, 0.15) is 63.1 Å². The number of halogens is 3. The Bertz CT molecular complexity index is 1820. The van der Waals surface area contributed by atoms with Crippen LogP contribution >= 0.6 is 0 Å². The summed E-state index contributed by atoms with van der Waals surface area (Å²) in [5, 5.41) is 18.0. The van der Waals surface area contributed by atoms with Crippen molar-refractivity contribution in [3.05, 3.63) is 125 Å². The summed E-state index contributed by atoms with van der Waals surface area (Å²) in [6.45, 7) is 2.07. The van der Waals surface area contributed by atoms with E-state index in [1.165, 1.54) is 24.4 Å². The Hall–Kier alpha value is -5.40. The van der Waals surface area contributed by atoms with E-state index in [1.54, 1.807) is 30.5 Å². The topological polar surface area (TPSA) is 145 Å². The standard InChI is InChI=1S/C37H40F3N7O3/c38-37(39,40)29-9-5-7-26(19-29)23-44-35(49)28-12-14-43-34(20-28)32-21-31(47-15-2-1-3-16-47)10-11-33(32)45-36(50)27-8-4-6-25(18-27)22-42-24-30(46-41)13-17-48/h4-12,14,18-21,24,42,46,48H,1-3,13,15-17,22-23,41H2,(H,44,49)(H,45,50)/b30-24-. The third kappa shape index (κ3) is 9.61. The third-order valence-corrected chi connectivity index (χ3v) is 8.32. The lowest BCUT2D eigenvalue weighted by atomic mass is 10.0. The molecule has 3 aromatic carbocycles. The number of anilines is 2. The van der Waals surface area contributed by atoms with Crippen LogP contribution in [0, 0.1) is 0 Å². The molecule has 0 spiro atoms. The van der Waals surface area contributed by atoms with E-state index in [0.29, 0.717) is 46.7 Å². The van der Waals surface area contributed by atoms with Gasteiger partial charge in [0, 0.05) is 79.7 Å². The minimum atomic E-state index is -4.48. The first kappa shape index (κ1) is 35.9. The zero-order valence-electron chi connectivity index (χ0n) is 27.4. The van der Waals surface area contributed by atoms with Crippen molar-refractivity contribution in [3.8, 4) is 11.3 Å². The van der Waals surface area contributed by atoms with Gasteiger partial charge < -0.3 is 31.4 Å². The summed E-state index contributed by atoms with van der Waals surface area (Å²) in [5.74, 6) is 4.66. The first-order chi connectivity index (χ1) is 24.1. The second-order valence-electron chi connectivity index (χ2n) is 11.9. The summed E-state index contributed by atoms with van der Waals surface area (Å²) < 4.78 is 39.5. The van der Waals surface area contributed by atoms with Crippen LogP contribution in [0.25, 0.3) is 11.3 Å². The SMILES string of the molecule is NN/C(=C\NCc1cccc(C(=O)Nc2ccc(N3CCCCC3)cc2-c2cc(C(=O)NCc3cccc(C(F)(F)F)c3)ccn2)c1)CCO. The smallest absolute Gasteiger partial charge is 0.396 e. The van der Waals surface area contributed by atoms with E-state index < -0.39 is 17.6 Å². The van der Waals surface area contributed by atoms with Crippen LogP contribution in [0.15, 0.2) is 97.0 Å². The van der Waals surface area contributed by atoms with Crippen molar-refractivity contribution in [2.24, 2.45) is 5.84 Å². The molecule has 7 N–H and O–H groups in total. The van der Waals surface area contributed by atoms with Crippen molar-refractivity contribution in [3.63, 3.8) is 0 Å². The van der Waals surface area contributed by atoms with Gasteiger partial charge in [-0.3, -0.25) is 20.4 Å². The molecule has 1 saturated heterocycles. The number of hydrogen-bond donors (Lipinski definition) is 6. The monoisotopic (exact) mass is 687 g/mol. The largest absolute Gasteiger partial charge is 0.416 e. The molecule has 10 nitrogen and oxygen atoms in total. The number of alkyl halides is 3. The van der Waals surface area contributed by atoms with Gasteiger partial charge in [-0.15, -0.1) is 0 Å². The number of hydrogen-bond acceptors (Lipinski definition) is 8. The van der Waals surface area contributed by atoms with E-state index >= 15 is 0 Å². The van der Waals surface area contributed by atoms with Gasteiger partial charge in [-0.05, 0) is 85.0 Å². The first-order valence-corrected chi connectivity index (χ1v) is 16.3. The predicted molar refractivity (Wildman–Crippen MR) is 187 cm³/mol. The molecular formula is C37H40F3N7O3. The van der Waals surface area contributed by atoms with E-state index in [0.717, 1.165) is 55.7 Å². The summed E-state index contributed by atoms with van der Waals surface area (Å²) in [7, 11) is 0. The number of piperidine rings is 1. The zero-order valence-corrected chi connectivity index (χ0v) is 27.4. The van der Waals surface area contributed by atoms with Crippen molar-refractivity contribution in [2.45, 2.75) is 44.9 Å². The molecule has 0 saturated carbocycles. The van der Waals surface area contributed by atoms with Crippen molar-refractivity contribution < 1.29 is 27.9 Å². The van der Waals surface area contributed by atoms with Crippen LogP contribution in [0.4, 0.5) is 24.5 Å². The zero-order chi connectivity index (χ0) is 35.5. The number of nitrogens with two attached hydrogens (primary N) is 1. The van der Waals surface area contributed by atoms with Crippen molar-refractivity contribution in [1.29, 1.82) is 0 Å². The Labute approximate surface area is 288 Å². The maximum Gasteiger partial charge on any atom is 0.416 e. The van der Waals surface area contributed by atoms with Crippen LogP contribution in [-0.4, -0.2) is 41.6 Å². The number of pyridine rings is 1. The molecule has 0 aliphatic carbocycles. The maximum absolute atomic E-state index is 13.6. The summed E-state index contributed by atoms with van der Waals surface area (Å²) in [6.07, 6.45) is 2.35. The predicted octanol–water partition coefficient (Wildman–Crippen LogP) is 5.72. The Kier molecular flexibility index (Phi) is 12.1. The summed E-state index contributed by atoms with van der Waals surface area (Å²) in [5.41, 5.74) is 6.77. The number of carbonyl (C=O) groups is 2. The number of nitrogens with one attached hydrogen (secondary N) is 4. The third-order valence-electron chi connectivity index (χ3n) is 8.32. The molecule has 5 rings (SSSR count). The lowest BCUT2D eigenvalue weighted by Gasteiger charge is -2.29. The average molecular weight is 688 g/mol. The average Bonchev–Trinajstić information content (AvgIpc) is 3.14. The quantitative estimate of drug-likeness (QED) is 0.0775. The molecule has 0 bridgehead atoms. The summed E-state index contributed by atoms with van der Waals surface area (Å²) in [6, 6.07) is 20.8. The second kappa shape index (κ2) is 16.8. The molecule has 13 heteroatoms. The molecule has 0 radical (unpaired) electrons. The molecule has 1 aliphatic heterocycles. The first-order valence-electron chi connectivity index (χ1n) is 16.3. The minimum absolute atomic E-state index is 0.0509. The highest BCUT2D eigenvalue weighted by Gasteiger charge is 2.30. The van der Waals surface area contributed by atoms with E-state index in [-0.39, 0.29) is 24.6 Å². The number of carbonyl (C=O) groups excluding carboxylic acids is 2. The number of aliphatic hydroxyl groups is 1. The number of amides is 2. The van der Waals surface area contributed by atoms with Gasteiger partial charge in [0.15, 0.2) is 0 Å². The van der Waals surface area contributed by atoms with Crippen LogP contribution in [-0.2, 0) is 19.3 Å². The van der Waals surface area contributed by atoms with Crippen molar-refractivity contribution >= 4 is 23.2 Å². The van der Waals surface area contributed by atoms with E-state index in [2.05, 4.69) is 31.3 Å². The molecule has 0 unspecified atom stereocenters. The van der Waals surface area contributed by atoms with Gasteiger partial charge in [0.2, 0.25) is 0 Å². The van der Waals surface area contributed by atoms with Gasteiger partial charge >= 0.3 is 6.18 Å². The normalized spacial score (nSPS) is 13.5. The lowest BCUT2D eigenvalue weighted by Crippen LogP contribution is -2.29. The van der Waals surface area contributed by atoms with Gasteiger partial charge in [0.25, 0.3) is 11.8 Å². The van der Waals surface area contributed by atoms with E-state index in [1.807, 2.05) is 24.3 Å². The van der Waals surface area contributed by atoms with Gasteiger partial charge in [-0.2, -0.15) is 13.2 Å². The molecule has 0 atom stereocenters. The van der Waals surface area contributed by atoms with E-state index in [4.69, 9.17) is 10.9 Å². The number of aromatic nitrogens is 1. The number of rotatable bonds is 13. The molecule has 2 heterocycles. The van der Waals surface area contributed by atoms with Crippen LogP contribution < -0.4 is 32.1 Å². The fourth-order valence-electron chi connectivity index (χ4n) is 5.68. The van der Waals surface area contributed by atoms with Gasteiger partial charge in [-0.25, -0.2) is 0 Å². The second-order valence-corrected chi connectivity index (χ2v) is 11.9. The number of nitrogens with zero attached hydrogens (tertiary/aromatic N) is 2. The van der Waals surface area contributed by atoms with Gasteiger partial charge in [-0.1, -0.05) is 24.3 Å². The lowest BCUT2D eigenvalue weighted by molar-refractivity contribution is -0.137. The highest BCUT2D eigenvalue weighted by molar-refractivity contribution is 6.06. The molecule has 1 aliphatic rings. The van der Waals surface area contributed by atoms with Crippen molar-refractivity contribution in [1.82, 2.24) is 21.0 Å². The molecule has 1 aromatic heterocycles. The Balaban J connectivity index is 1.37. The van der Waals surface area contributed by atoms with E-state index in [9.17, 15) is 22.8 Å². The Morgan fingerprint density at radius 1 is 0.880 bits per heavy atom. The molecule has 262 valence electrons. The maximum atomic E-state index is 13.6. The summed E-state index contributed by atoms with van der Waals surface area (Å²) in [4.78, 5) is 33.6. The Morgan fingerprint density at radius 2 is 1.62 bits per heavy atom. The van der Waals surface area contributed by atoms with Gasteiger partial charge in [0.1, 0.15) is 0 Å². The minimum Gasteiger partial charge on any atom is -0.396 e. The van der Waals surface area contributed by atoms with Gasteiger partial charge in [0.05, 0.1) is 16.9 Å².